The summed E-state index contributed by atoms with van der Waals surface area (Å²) in [6, 6.07) is 0.332. The summed E-state index contributed by atoms with van der Waals surface area (Å²) in [7, 11) is 0. The predicted octanol–water partition coefficient (Wildman–Crippen LogP) is -1.81. The number of amides is 1. The van der Waals surface area contributed by atoms with E-state index < -0.39 is 0 Å². The van der Waals surface area contributed by atoms with Gasteiger partial charge in [0.1, 0.15) is 6.10 Å². The van der Waals surface area contributed by atoms with Gasteiger partial charge in [-0.05, 0) is 6.42 Å². The van der Waals surface area contributed by atoms with E-state index in [1.807, 2.05) is 0 Å². The Morgan fingerprint density at radius 3 is 2.92 bits per heavy atom. The van der Waals surface area contributed by atoms with E-state index in [0.717, 1.165) is 13.0 Å². The van der Waals surface area contributed by atoms with E-state index in [0.29, 0.717) is 13.2 Å². The van der Waals surface area contributed by atoms with Crippen molar-refractivity contribution in [1.82, 2.24) is 10.6 Å². The molecule has 2 fully saturated rings. The summed E-state index contributed by atoms with van der Waals surface area (Å²) in [5.74, 6) is -0.0369. The van der Waals surface area contributed by atoms with E-state index in [9.17, 15) is 4.79 Å². The summed E-state index contributed by atoms with van der Waals surface area (Å²) in [5, 5.41) is 5.95. The first-order valence-corrected chi connectivity index (χ1v) is 4.65. The highest BCUT2D eigenvalue weighted by Crippen LogP contribution is 2.17. The molecule has 0 aromatic heterocycles. The Balaban J connectivity index is 1.75. The van der Waals surface area contributed by atoms with Crippen LogP contribution in [0.5, 0.6) is 0 Å². The van der Waals surface area contributed by atoms with Gasteiger partial charge in [0.25, 0.3) is 5.91 Å². The van der Waals surface area contributed by atoms with Gasteiger partial charge in [0.15, 0.2) is 0 Å². The molecule has 3 atom stereocenters. The molecule has 1 aliphatic heterocycles. The minimum atomic E-state index is -0.332. The Kier molecular flexibility index (Phi) is 2.48. The summed E-state index contributed by atoms with van der Waals surface area (Å²) in [6.45, 7) is 2.04. The SMILES string of the molecule is NC1CC1NC(=O)C1CNCCO1. The van der Waals surface area contributed by atoms with Crippen LogP contribution < -0.4 is 16.4 Å². The zero-order valence-electron chi connectivity index (χ0n) is 7.45. The molecule has 1 saturated heterocycles. The fourth-order valence-corrected chi connectivity index (χ4v) is 1.39. The maximum absolute atomic E-state index is 11.5. The summed E-state index contributed by atoms with van der Waals surface area (Å²) in [4.78, 5) is 11.5. The Labute approximate surface area is 77.0 Å². The van der Waals surface area contributed by atoms with Gasteiger partial charge in [0.2, 0.25) is 0 Å². The number of hydrogen-bond acceptors (Lipinski definition) is 4. The molecule has 2 rings (SSSR count). The average molecular weight is 185 g/mol. The minimum Gasteiger partial charge on any atom is -0.366 e. The zero-order valence-corrected chi connectivity index (χ0v) is 7.45. The lowest BCUT2D eigenvalue weighted by Crippen LogP contribution is -2.48. The third-order valence-electron chi connectivity index (χ3n) is 2.39. The largest absolute Gasteiger partial charge is 0.366 e. The van der Waals surface area contributed by atoms with Crippen LogP contribution in [-0.4, -0.2) is 43.8 Å². The van der Waals surface area contributed by atoms with Crippen LogP contribution in [0, 0.1) is 0 Å². The number of nitrogens with two attached hydrogens (primary N) is 1. The second kappa shape index (κ2) is 3.61. The normalized spacial score (nSPS) is 38.4. The Hall–Kier alpha value is -0.650. The molecule has 5 nitrogen and oxygen atoms in total. The van der Waals surface area contributed by atoms with E-state index >= 15 is 0 Å². The monoisotopic (exact) mass is 185 g/mol. The van der Waals surface area contributed by atoms with Crippen molar-refractivity contribution in [3.63, 3.8) is 0 Å². The van der Waals surface area contributed by atoms with Crippen LogP contribution in [0.2, 0.25) is 0 Å². The van der Waals surface area contributed by atoms with Gasteiger partial charge >= 0.3 is 0 Å². The van der Waals surface area contributed by atoms with Gasteiger partial charge in [0, 0.05) is 25.2 Å². The van der Waals surface area contributed by atoms with Crippen molar-refractivity contribution in [3.05, 3.63) is 0 Å². The average Bonchev–Trinajstić information content (AvgIpc) is 2.83. The molecule has 13 heavy (non-hydrogen) atoms. The van der Waals surface area contributed by atoms with Gasteiger partial charge in [0.05, 0.1) is 6.61 Å². The first-order valence-electron chi connectivity index (χ1n) is 4.65. The van der Waals surface area contributed by atoms with E-state index in [1.165, 1.54) is 0 Å². The molecule has 0 aromatic carbocycles. The lowest BCUT2D eigenvalue weighted by molar-refractivity contribution is -0.134. The fraction of sp³-hybridized carbons (Fsp3) is 0.875. The molecule has 0 spiro atoms. The topological polar surface area (TPSA) is 76.4 Å². The summed E-state index contributed by atoms with van der Waals surface area (Å²) < 4.78 is 5.29. The molecule has 0 bridgehead atoms. The molecule has 5 heteroatoms. The maximum atomic E-state index is 11.5. The third kappa shape index (κ3) is 2.18. The van der Waals surface area contributed by atoms with E-state index in [4.69, 9.17) is 10.5 Å². The van der Waals surface area contributed by atoms with Crippen LogP contribution in [-0.2, 0) is 9.53 Å². The molecule has 0 aromatic rings. The number of carbonyl (C=O) groups excluding carboxylic acids is 1. The molecule has 74 valence electrons. The highest BCUT2D eigenvalue weighted by Gasteiger charge is 2.36. The maximum Gasteiger partial charge on any atom is 0.250 e. The number of hydrogen-bond donors (Lipinski definition) is 3. The van der Waals surface area contributed by atoms with Crippen LogP contribution in [0.1, 0.15) is 6.42 Å². The van der Waals surface area contributed by atoms with E-state index in [1.54, 1.807) is 0 Å². The van der Waals surface area contributed by atoms with Crippen LogP contribution in [0.3, 0.4) is 0 Å². The molecule has 1 heterocycles. The van der Waals surface area contributed by atoms with Crippen molar-refractivity contribution < 1.29 is 9.53 Å². The standard InChI is InChI=1S/C8H15N3O2/c9-5-3-6(5)11-8(12)7-4-10-1-2-13-7/h5-7,10H,1-4,9H2,(H,11,12). The molecule has 2 aliphatic rings. The van der Waals surface area contributed by atoms with Crippen molar-refractivity contribution in [1.29, 1.82) is 0 Å². The first-order chi connectivity index (χ1) is 6.27. The van der Waals surface area contributed by atoms with Crippen molar-refractivity contribution in [2.45, 2.75) is 24.6 Å². The van der Waals surface area contributed by atoms with Crippen LogP contribution >= 0.6 is 0 Å². The molecular formula is C8H15N3O2. The summed E-state index contributed by atoms with van der Waals surface area (Å²) >= 11 is 0. The Morgan fingerprint density at radius 2 is 2.38 bits per heavy atom. The van der Waals surface area contributed by atoms with Gasteiger partial charge in [-0.25, -0.2) is 0 Å². The Bertz CT molecular complexity index is 204. The van der Waals surface area contributed by atoms with Gasteiger partial charge in [-0.15, -0.1) is 0 Å². The molecule has 4 N–H and O–H groups in total. The number of nitrogens with one attached hydrogen (secondary N) is 2. The fourth-order valence-electron chi connectivity index (χ4n) is 1.39. The molecule has 0 radical (unpaired) electrons. The van der Waals surface area contributed by atoms with Crippen molar-refractivity contribution >= 4 is 5.91 Å². The van der Waals surface area contributed by atoms with Gasteiger partial charge in [-0.2, -0.15) is 0 Å². The highest BCUT2D eigenvalue weighted by molar-refractivity contribution is 5.81. The molecule has 1 saturated carbocycles. The lowest BCUT2D eigenvalue weighted by Gasteiger charge is -2.22. The number of ether oxygens (including phenoxy) is 1. The van der Waals surface area contributed by atoms with Crippen molar-refractivity contribution in [2.24, 2.45) is 5.73 Å². The van der Waals surface area contributed by atoms with E-state index in [2.05, 4.69) is 10.6 Å². The third-order valence-corrected chi connectivity index (χ3v) is 2.39. The lowest BCUT2D eigenvalue weighted by atomic mass is 10.3. The molecule has 1 aliphatic carbocycles. The number of carbonyl (C=O) groups is 1. The molecule has 3 unspecified atom stereocenters. The predicted molar refractivity (Wildman–Crippen MR) is 47.1 cm³/mol. The molecule has 1 amide bonds. The molecular weight excluding hydrogens is 170 g/mol. The number of rotatable bonds is 2. The minimum absolute atomic E-state index is 0.0369. The Morgan fingerprint density at radius 1 is 1.62 bits per heavy atom. The van der Waals surface area contributed by atoms with Crippen molar-refractivity contribution in [3.8, 4) is 0 Å². The second-order valence-electron chi connectivity index (χ2n) is 3.58. The summed E-state index contributed by atoms with van der Waals surface area (Å²) in [5.41, 5.74) is 5.57. The number of morpholine rings is 1. The quantitative estimate of drug-likeness (QED) is 0.474. The smallest absolute Gasteiger partial charge is 0.250 e. The summed E-state index contributed by atoms with van der Waals surface area (Å²) in [6.07, 6.45) is 0.563. The second-order valence-corrected chi connectivity index (χ2v) is 3.58. The first kappa shape index (κ1) is 8.93. The van der Waals surface area contributed by atoms with Crippen LogP contribution in [0.4, 0.5) is 0 Å². The van der Waals surface area contributed by atoms with Gasteiger partial charge in [-0.1, -0.05) is 0 Å². The van der Waals surface area contributed by atoms with Crippen molar-refractivity contribution in [2.75, 3.05) is 19.7 Å². The van der Waals surface area contributed by atoms with Gasteiger partial charge < -0.3 is 21.1 Å². The van der Waals surface area contributed by atoms with Crippen LogP contribution in [0.15, 0.2) is 0 Å². The van der Waals surface area contributed by atoms with Gasteiger partial charge in [-0.3, -0.25) is 4.79 Å². The zero-order chi connectivity index (χ0) is 9.26. The van der Waals surface area contributed by atoms with Crippen LogP contribution in [0.25, 0.3) is 0 Å². The van der Waals surface area contributed by atoms with E-state index in [-0.39, 0.29) is 24.1 Å². The highest BCUT2D eigenvalue weighted by atomic mass is 16.5.